The standard InChI is InChI=1S/C19H29N3O4S/c1-14(2)19(24)22-12-4-5-16(13-22)18(23)20-10-11-21-27(25,26)17-8-6-15(3)7-9-17/h6-9,14,16,21H,4-5,10-13H2,1-3H3,(H,20,23). The number of amides is 2. The van der Waals surface area contributed by atoms with Gasteiger partial charge in [-0.3, -0.25) is 9.59 Å². The highest BCUT2D eigenvalue weighted by Crippen LogP contribution is 2.18. The van der Waals surface area contributed by atoms with Gasteiger partial charge in [-0.25, -0.2) is 13.1 Å². The fourth-order valence-corrected chi connectivity index (χ4v) is 4.10. The fourth-order valence-electron chi connectivity index (χ4n) is 3.07. The Morgan fingerprint density at radius 1 is 1.19 bits per heavy atom. The van der Waals surface area contributed by atoms with Crippen molar-refractivity contribution in [2.45, 2.75) is 38.5 Å². The third-order valence-electron chi connectivity index (χ3n) is 4.65. The lowest BCUT2D eigenvalue weighted by Crippen LogP contribution is -2.47. The molecule has 27 heavy (non-hydrogen) atoms. The Labute approximate surface area is 161 Å². The molecular weight excluding hydrogens is 366 g/mol. The predicted octanol–water partition coefficient (Wildman–Crippen LogP) is 1.28. The average Bonchev–Trinajstić information content (AvgIpc) is 2.64. The predicted molar refractivity (Wildman–Crippen MR) is 104 cm³/mol. The Morgan fingerprint density at radius 3 is 2.48 bits per heavy atom. The number of piperidine rings is 1. The van der Waals surface area contributed by atoms with Gasteiger partial charge in [-0.1, -0.05) is 31.5 Å². The summed E-state index contributed by atoms with van der Waals surface area (Å²) in [6.45, 7) is 7.04. The summed E-state index contributed by atoms with van der Waals surface area (Å²) in [5, 5.41) is 2.77. The third-order valence-corrected chi connectivity index (χ3v) is 6.12. The van der Waals surface area contributed by atoms with Crippen LogP contribution in [0.2, 0.25) is 0 Å². The lowest BCUT2D eigenvalue weighted by Gasteiger charge is -2.33. The number of rotatable bonds is 7. The molecule has 1 aliphatic rings. The molecule has 1 saturated heterocycles. The SMILES string of the molecule is Cc1ccc(S(=O)(=O)NCCNC(=O)C2CCCN(C(=O)C(C)C)C2)cc1. The summed E-state index contributed by atoms with van der Waals surface area (Å²) in [7, 11) is -3.58. The molecule has 0 aromatic heterocycles. The molecule has 8 heteroatoms. The van der Waals surface area contributed by atoms with Gasteiger partial charge in [0, 0.05) is 32.1 Å². The van der Waals surface area contributed by atoms with E-state index in [1.54, 1.807) is 29.2 Å². The zero-order chi connectivity index (χ0) is 20.0. The smallest absolute Gasteiger partial charge is 0.240 e. The number of nitrogens with one attached hydrogen (secondary N) is 2. The molecule has 0 radical (unpaired) electrons. The van der Waals surface area contributed by atoms with E-state index in [-0.39, 0.29) is 41.6 Å². The summed E-state index contributed by atoms with van der Waals surface area (Å²) < 4.78 is 26.9. The Kier molecular flexibility index (Phi) is 7.38. The molecule has 0 bridgehead atoms. The van der Waals surface area contributed by atoms with Gasteiger partial charge in [-0.15, -0.1) is 0 Å². The number of nitrogens with zero attached hydrogens (tertiary/aromatic N) is 1. The van der Waals surface area contributed by atoms with E-state index in [9.17, 15) is 18.0 Å². The van der Waals surface area contributed by atoms with E-state index in [0.29, 0.717) is 13.1 Å². The Morgan fingerprint density at radius 2 is 1.85 bits per heavy atom. The first-order valence-electron chi connectivity index (χ1n) is 9.33. The average molecular weight is 396 g/mol. The van der Waals surface area contributed by atoms with E-state index in [1.165, 1.54) is 0 Å². The van der Waals surface area contributed by atoms with Gasteiger partial charge in [0.2, 0.25) is 21.8 Å². The van der Waals surface area contributed by atoms with Crippen LogP contribution in [0.1, 0.15) is 32.3 Å². The number of aryl methyl sites for hydroxylation is 1. The van der Waals surface area contributed by atoms with Crippen molar-refractivity contribution in [1.29, 1.82) is 0 Å². The van der Waals surface area contributed by atoms with E-state index >= 15 is 0 Å². The van der Waals surface area contributed by atoms with Crippen molar-refractivity contribution < 1.29 is 18.0 Å². The van der Waals surface area contributed by atoms with E-state index in [1.807, 2.05) is 20.8 Å². The number of likely N-dealkylation sites (tertiary alicyclic amines) is 1. The van der Waals surface area contributed by atoms with Crippen LogP contribution in [0, 0.1) is 18.8 Å². The molecule has 0 aliphatic carbocycles. The van der Waals surface area contributed by atoms with Crippen molar-refractivity contribution in [3.8, 4) is 0 Å². The van der Waals surface area contributed by atoms with E-state index in [4.69, 9.17) is 0 Å². The second-order valence-electron chi connectivity index (χ2n) is 7.28. The van der Waals surface area contributed by atoms with Crippen molar-refractivity contribution in [1.82, 2.24) is 14.9 Å². The van der Waals surface area contributed by atoms with Crippen molar-refractivity contribution in [2.24, 2.45) is 11.8 Å². The Hall–Kier alpha value is -1.93. The van der Waals surface area contributed by atoms with Crippen LogP contribution >= 0.6 is 0 Å². The second-order valence-corrected chi connectivity index (χ2v) is 9.05. The highest BCUT2D eigenvalue weighted by Gasteiger charge is 2.29. The van der Waals surface area contributed by atoms with Gasteiger partial charge in [0.1, 0.15) is 0 Å². The molecule has 2 N–H and O–H groups in total. The molecule has 7 nitrogen and oxygen atoms in total. The quantitative estimate of drug-likeness (QED) is 0.680. The Balaban J connectivity index is 1.78. The van der Waals surface area contributed by atoms with Gasteiger partial charge < -0.3 is 10.2 Å². The summed E-state index contributed by atoms with van der Waals surface area (Å²) in [4.78, 5) is 26.4. The van der Waals surface area contributed by atoms with Crippen molar-refractivity contribution in [2.75, 3.05) is 26.2 Å². The third kappa shape index (κ3) is 6.04. The normalized spacial score (nSPS) is 17.8. The molecule has 1 heterocycles. The van der Waals surface area contributed by atoms with Crippen LogP contribution in [-0.2, 0) is 19.6 Å². The van der Waals surface area contributed by atoms with Crippen molar-refractivity contribution in [3.05, 3.63) is 29.8 Å². The minimum absolute atomic E-state index is 0.0679. The molecule has 0 saturated carbocycles. The molecule has 0 spiro atoms. The number of hydrogen-bond acceptors (Lipinski definition) is 4. The summed E-state index contributed by atoms with van der Waals surface area (Å²) in [6, 6.07) is 6.59. The first-order valence-corrected chi connectivity index (χ1v) is 10.8. The maximum atomic E-state index is 12.3. The van der Waals surface area contributed by atoms with Crippen molar-refractivity contribution >= 4 is 21.8 Å². The monoisotopic (exact) mass is 395 g/mol. The number of hydrogen-bond donors (Lipinski definition) is 2. The zero-order valence-corrected chi connectivity index (χ0v) is 17.0. The Bertz CT molecular complexity index is 760. The largest absolute Gasteiger partial charge is 0.354 e. The molecule has 150 valence electrons. The first kappa shape index (κ1) is 21.4. The molecule has 1 atom stereocenters. The molecule has 2 amide bonds. The van der Waals surface area contributed by atoms with Gasteiger partial charge in [0.05, 0.1) is 10.8 Å². The summed E-state index contributed by atoms with van der Waals surface area (Å²) in [5.74, 6) is -0.387. The topological polar surface area (TPSA) is 95.6 Å². The van der Waals surface area contributed by atoms with Gasteiger partial charge >= 0.3 is 0 Å². The van der Waals surface area contributed by atoms with E-state index in [0.717, 1.165) is 18.4 Å². The minimum Gasteiger partial charge on any atom is -0.354 e. The molecule has 1 fully saturated rings. The van der Waals surface area contributed by atoms with Crippen LogP contribution in [0.5, 0.6) is 0 Å². The molecule has 1 aliphatic heterocycles. The number of sulfonamides is 1. The van der Waals surface area contributed by atoms with Crippen LogP contribution < -0.4 is 10.0 Å². The van der Waals surface area contributed by atoms with Gasteiger partial charge in [-0.2, -0.15) is 0 Å². The lowest BCUT2D eigenvalue weighted by molar-refractivity contribution is -0.138. The molecule has 2 rings (SSSR count). The number of benzene rings is 1. The number of carbonyl (C=O) groups excluding carboxylic acids is 2. The molecule has 1 aromatic rings. The van der Waals surface area contributed by atoms with Crippen LogP contribution in [0.3, 0.4) is 0 Å². The van der Waals surface area contributed by atoms with Gasteiger partial charge in [0.15, 0.2) is 0 Å². The summed E-state index contributed by atoms with van der Waals surface area (Å²) in [5.41, 5.74) is 0.985. The van der Waals surface area contributed by atoms with Gasteiger partial charge in [0.25, 0.3) is 0 Å². The van der Waals surface area contributed by atoms with Crippen LogP contribution in [0.4, 0.5) is 0 Å². The van der Waals surface area contributed by atoms with E-state index < -0.39 is 10.0 Å². The zero-order valence-electron chi connectivity index (χ0n) is 16.2. The first-order chi connectivity index (χ1) is 12.7. The molecule has 1 unspecified atom stereocenters. The fraction of sp³-hybridized carbons (Fsp3) is 0.579. The molecular formula is C19H29N3O4S. The highest BCUT2D eigenvalue weighted by molar-refractivity contribution is 7.89. The highest BCUT2D eigenvalue weighted by atomic mass is 32.2. The van der Waals surface area contributed by atoms with Crippen LogP contribution in [0.15, 0.2) is 29.2 Å². The minimum atomic E-state index is -3.58. The summed E-state index contributed by atoms with van der Waals surface area (Å²) >= 11 is 0. The van der Waals surface area contributed by atoms with E-state index in [2.05, 4.69) is 10.0 Å². The lowest BCUT2D eigenvalue weighted by atomic mass is 9.96. The maximum absolute atomic E-state index is 12.3. The second kappa shape index (κ2) is 9.32. The molecule has 1 aromatic carbocycles. The van der Waals surface area contributed by atoms with Crippen molar-refractivity contribution in [3.63, 3.8) is 0 Å². The van der Waals surface area contributed by atoms with Crippen LogP contribution in [0.25, 0.3) is 0 Å². The maximum Gasteiger partial charge on any atom is 0.240 e. The number of carbonyl (C=O) groups is 2. The summed E-state index contributed by atoms with van der Waals surface area (Å²) in [6.07, 6.45) is 1.54. The van der Waals surface area contributed by atoms with Gasteiger partial charge in [-0.05, 0) is 31.9 Å². The van der Waals surface area contributed by atoms with Crippen LogP contribution in [-0.4, -0.2) is 51.3 Å².